The van der Waals surface area contributed by atoms with Crippen molar-refractivity contribution in [3.8, 4) is 0 Å². The molecule has 1 aromatic carbocycles. The number of likely N-dealkylation sites (N-methyl/N-ethyl adjacent to an activating group) is 1. The molecule has 3 aliphatic rings. The van der Waals surface area contributed by atoms with Crippen LogP contribution < -0.4 is 0 Å². The number of pyridine rings is 1. The molecule has 0 bridgehead atoms. The number of para-hydroxylation sites is 1. The van der Waals surface area contributed by atoms with Crippen molar-refractivity contribution in [1.82, 2.24) is 19.7 Å². The molecule has 2 amide bonds. The number of rotatable bonds is 4. The van der Waals surface area contributed by atoms with Gasteiger partial charge in [-0.3, -0.25) is 14.6 Å². The summed E-state index contributed by atoms with van der Waals surface area (Å²) in [4.78, 5) is 37.5. The number of piperazine rings is 1. The Morgan fingerprint density at radius 3 is 2.50 bits per heavy atom. The highest BCUT2D eigenvalue weighted by atomic mass is 16.2. The summed E-state index contributed by atoms with van der Waals surface area (Å²) in [5.74, 6) is 1.18. The van der Waals surface area contributed by atoms with Crippen LogP contribution in [-0.4, -0.2) is 77.8 Å². The second-order valence-electron chi connectivity index (χ2n) is 9.89. The van der Waals surface area contributed by atoms with Crippen LogP contribution in [0, 0.1) is 5.92 Å². The van der Waals surface area contributed by atoms with E-state index < -0.39 is 0 Å². The molecule has 5 rings (SSSR count). The number of benzene rings is 1. The minimum atomic E-state index is 0.102. The van der Waals surface area contributed by atoms with Gasteiger partial charge < -0.3 is 14.7 Å². The van der Waals surface area contributed by atoms with E-state index >= 15 is 0 Å². The van der Waals surface area contributed by atoms with Crippen LogP contribution in [0.2, 0.25) is 0 Å². The smallest absolute Gasteiger partial charge is 0.254 e. The van der Waals surface area contributed by atoms with E-state index in [-0.39, 0.29) is 11.8 Å². The predicted molar refractivity (Wildman–Crippen MR) is 126 cm³/mol. The summed E-state index contributed by atoms with van der Waals surface area (Å²) in [6.07, 6.45) is 6.56. The van der Waals surface area contributed by atoms with Gasteiger partial charge in [0, 0.05) is 62.7 Å². The van der Waals surface area contributed by atoms with E-state index in [1.165, 1.54) is 25.7 Å². The lowest BCUT2D eigenvalue weighted by molar-refractivity contribution is -0.131. The summed E-state index contributed by atoms with van der Waals surface area (Å²) >= 11 is 0. The normalized spacial score (nSPS) is 22.7. The third-order valence-electron chi connectivity index (χ3n) is 7.65. The van der Waals surface area contributed by atoms with E-state index in [1.54, 1.807) is 0 Å². The van der Waals surface area contributed by atoms with Gasteiger partial charge in [-0.15, -0.1) is 0 Å². The van der Waals surface area contributed by atoms with Crippen LogP contribution in [0.15, 0.2) is 30.3 Å². The molecule has 2 saturated heterocycles. The maximum atomic E-state index is 13.5. The minimum Gasteiger partial charge on any atom is -0.342 e. The van der Waals surface area contributed by atoms with Crippen molar-refractivity contribution < 1.29 is 9.59 Å². The van der Waals surface area contributed by atoms with Crippen molar-refractivity contribution >= 4 is 22.7 Å². The molecule has 0 radical (unpaired) electrons. The molecule has 1 aliphatic carbocycles. The van der Waals surface area contributed by atoms with E-state index in [0.29, 0.717) is 18.2 Å². The molecule has 0 N–H and O–H groups in total. The van der Waals surface area contributed by atoms with Gasteiger partial charge in [0.1, 0.15) is 0 Å². The van der Waals surface area contributed by atoms with E-state index in [0.717, 1.165) is 67.8 Å². The van der Waals surface area contributed by atoms with E-state index in [1.807, 2.05) is 40.1 Å². The number of nitrogens with zero attached hydrogens (tertiary/aromatic N) is 4. The number of carbonyl (C=O) groups excluding carboxylic acids is 2. The van der Waals surface area contributed by atoms with Crippen LogP contribution >= 0.6 is 0 Å². The van der Waals surface area contributed by atoms with Gasteiger partial charge in [-0.1, -0.05) is 31.0 Å². The third-order valence-corrected chi connectivity index (χ3v) is 7.65. The number of hydrogen-bond acceptors (Lipinski definition) is 4. The average molecular weight is 435 g/mol. The number of hydrogen-bond donors (Lipinski definition) is 0. The monoisotopic (exact) mass is 434 g/mol. The Bertz CT molecular complexity index is 992. The highest BCUT2D eigenvalue weighted by Crippen LogP contribution is 2.32. The number of likely N-dealkylation sites (tertiary alicyclic amines) is 1. The maximum absolute atomic E-state index is 13.5. The van der Waals surface area contributed by atoms with Crippen LogP contribution in [-0.2, 0) is 4.79 Å². The Hall–Kier alpha value is -2.47. The van der Waals surface area contributed by atoms with Crippen LogP contribution in [0.1, 0.15) is 60.5 Å². The molecule has 170 valence electrons. The molecular weight excluding hydrogens is 400 g/mol. The molecule has 32 heavy (non-hydrogen) atoms. The van der Waals surface area contributed by atoms with E-state index in [4.69, 9.17) is 4.98 Å². The number of aromatic nitrogens is 1. The Kier molecular flexibility index (Phi) is 6.13. The van der Waals surface area contributed by atoms with Crippen LogP contribution in [0.4, 0.5) is 0 Å². The Morgan fingerprint density at radius 2 is 1.72 bits per heavy atom. The zero-order chi connectivity index (χ0) is 22.1. The molecule has 6 nitrogen and oxygen atoms in total. The second-order valence-corrected chi connectivity index (χ2v) is 9.89. The third kappa shape index (κ3) is 4.38. The molecule has 2 aromatic rings. The fourth-order valence-corrected chi connectivity index (χ4v) is 5.58. The number of fused-ring (bicyclic) bond motifs is 1. The molecule has 1 aromatic heterocycles. The van der Waals surface area contributed by atoms with Gasteiger partial charge in [-0.25, -0.2) is 0 Å². The van der Waals surface area contributed by atoms with Gasteiger partial charge in [0.25, 0.3) is 5.91 Å². The van der Waals surface area contributed by atoms with Crippen molar-refractivity contribution in [2.24, 2.45) is 5.92 Å². The molecule has 1 saturated carbocycles. The van der Waals surface area contributed by atoms with Crippen molar-refractivity contribution in [3.05, 3.63) is 41.6 Å². The first-order chi connectivity index (χ1) is 15.6. The zero-order valence-electron chi connectivity index (χ0n) is 19.1. The molecule has 3 fully saturated rings. The van der Waals surface area contributed by atoms with Gasteiger partial charge in [0.15, 0.2) is 0 Å². The largest absolute Gasteiger partial charge is 0.342 e. The fraction of sp³-hybridized carbons (Fsp3) is 0.577. The van der Waals surface area contributed by atoms with Gasteiger partial charge in [-0.05, 0) is 44.4 Å². The van der Waals surface area contributed by atoms with Crippen molar-refractivity contribution in [1.29, 1.82) is 0 Å². The SMILES string of the molecule is CN1CCN(C(=O)c2cc(C3CCN(C(=O)CC4CCCC4)C3)nc3ccccc23)CC1. The average Bonchev–Trinajstić information content (AvgIpc) is 3.51. The van der Waals surface area contributed by atoms with Crippen LogP contribution in [0.25, 0.3) is 10.9 Å². The topological polar surface area (TPSA) is 56.8 Å². The van der Waals surface area contributed by atoms with Gasteiger partial charge in [0.2, 0.25) is 5.91 Å². The summed E-state index contributed by atoms with van der Waals surface area (Å²) in [5.41, 5.74) is 2.58. The number of amides is 2. The van der Waals surface area contributed by atoms with Gasteiger partial charge >= 0.3 is 0 Å². The maximum Gasteiger partial charge on any atom is 0.254 e. The summed E-state index contributed by atoms with van der Waals surface area (Å²) < 4.78 is 0. The lowest BCUT2D eigenvalue weighted by Crippen LogP contribution is -2.47. The Labute approximate surface area is 190 Å². The lowest BCUT2D eigenvalue weighted by atomic mass is 9.98. The summed E-state index contributed by atoms with van der Waals surface area (Å²) in [6, 6.07) is 9.97. The molecular formula is C26H34N4O2. The van der Waals surface area contributed by atoms with Crippen LogP contribution in [0.5, 0.6) is 0 Å². The standard InChI is InChI=1S/C26H34N4O2/c1-28-12-14-29(15-13-28)26(32)22-17-24(27-23-9-5-4-8-21(22)23)20-10-11-30(18-20)25(31)16-19-6-2-3-7-19/h4-5,8-9,17,19-20H,2-3,6-7,10-16,18H2,1H3. The first-order valence-electron chi connectivity index (χ1n) is 12.2. The predicted octanol–water partition coefficient (Wildman–Crippen LogP) is 3.52. The lowest BCUT2D eigenvalue weighted by Gasteiger charge is -2.32. The van der Waals surface area contributed by atoms with Crippen molar-refractivity contribution in [2.45, 2.75) is 44.4 Å². The Balaban J connectivity index is 1.36. The highest BCUT2D eigenvalue weighted by Gasteiger charge is 2.31. The highest BCUT2D eigenvalue weighted by molar-refractivity contribution is 6.06. The molecule has 3 heterocycles. The molecule has 1 atom stereocenters. The fourth-order valence-electron chi connectivity index (χ4n) is 5.58. The number of carbonyl (C=O) groups is 2. The molecule has 1 unspecified atom stereocenters. The minimum absolute atomic E-state index is 0.102. The van der Waals surface area contributed by atoms with Crippen LogP contribution in [0.3, 0.4) is 0 Å². The summed E-state index contributed by atoms with van der Waals surface area (Å²) in [5, 5.41) is 0.923. The van der Waals surface area contributed by atoms with Crippen molar-refractivity contribution in [2.75, 3.05) is 46.3 Å². The zero-order valence-corrected chi connectivity index (χ0v) is 19.1. The van der Waals surface area contributed by atoms with E-state index in [2.05, 4.69) is 11.9 Å². The van der Waals surface area contributed by atoms with Crippen molar-refractivity contribution in [3.63, 3.8) is 0 Å². The first kappa shape index (κ1) is 21.4. The second kappa shape index (κ2) is 9.18. The Morgan fingerprint density at radius 1 is 0.969 bits per heavy atom. The molecule has 0 spiro atoms. The first-order valence-corrected chi connectivity index (χ1v) is 12.2. The van der Waals surface area contributed by atoms with Gasteiger partial charge in [-0.2, -0.15) is 0 Å². The van der Waals surface area contributed by atoms with Gasteiger partial charge in [0.05, 0.1) is 11.1 Å². The molecule has 2 aliphatic heterocycles. The quantitative estimate of drug-likeness (QED) is 0.739. The van der Waals surface area contributed by atoms with E-state index in [9.17, 15) is 9.59 Å². The summed E-state index contributed by atoms with van der Waals surface area (Å²) in [6.45, 7) is 4.85. The summed E-state index contributed by atoms with van der Waals surface area (Å²) in [7, 11) is 2.10. The molecule has 6 heteroatoms.